The number of nitrogens with one attached hydrogen (secondary N) is 2. The molecular formula is C21H26F3N5O4. The molecule has 0 bridgehead atoms. The molecule has 0 radical (unpaired) electrons. The van der Waals surface area contributed by atoms with E-state index in [-0.39, 0.29) is 19.0 Å². The molecule has 9 nitrogen and oxygen atoms in total. The highest BCUT2D eigenvalue weighted by Gasteiger charge is 2.39. The number of nitrogens with zero attached hydrogens (tertiary/aromatic N) is 3. The third-order valence-electron chi connectivity index (χ3n) is 5.06. The molecular weight excluding hydrogens is 443 g/mol. The minimum Gasteiger partial charge on any atom is -0.388 e. The van der Waals surface area contributed by atoms with E-state index in [2.05, 4.69) is 39.4 Å². The van der Waals surface area contributed by atoms with Crippen LogP contribution < -0.4 is 10.6 Å². The van der Waals surface area contributed by atoms with Crippen LogP contribution in [0.15, 0.2) is 30.7 Å². The van der Waals surface area contributed by atoms with Crippen LogP contribution >= 0.6 is 0 Å². The van der Waals surface area contributed by atoms with Crippen LogP contribution in [0.1, 0.15) is 35.6 Å². The monoisotopic (exact) mass is 469 g/mol. The highest BCUT2D eigenvalue weighted by molar-refractivity contribution is 5.93. The summed E-state index contributed by atoms with van der Waals surface area (Å²) in [5.74, 6) is -0.194. The average molecular weight is 469 g/mol. The quantitative estimate of drug-likeness (QED) is 0.479. The fourth-order valence-electron chi connectivity index (χ4n) is 3.34. The summed E-state index contributed by atoms with van der Waals surface area (Å²) in [6.45, 7) is 3.92. The lowest BCUT2D eigenvalue weighted by atomic mass is 9.98. The number of alkyl halides is 3. The maximum Gasteiger partial charge on any atom is 0.434 e. The second-order valence-corrected chi connectivity index (χ2v) is 8.24. The molecule has 12 heteroatoms. The summed E-state index contributed by atoms with van der Waals surface area (Å²) in [7, 11) is 0. The Bertz CT molecular complexity index is 942. The molecule has 1 aliphatic rings. The van der Waals surface area contributed by atoms with E-state index in [0.29, 0.717) is 17.7 Å². The molecule has 2 aromatic heterocycles. The number of hydrogen-bond acceptors (Lipinski definition) is 8. The van der Waals surface area contributed by atoms with Crippen LogP contribution in [0, 0.1) is 5.92 Å². The molecule has 4 N–H and O–H groups in total. The van der Waals surface area contributed by atoms with Crippen LogP contribution in [0.3, 0.4) is 0 Å². The lowest BCUT2D eigenvalue weighted by Gasteiger charge is -2.38. The minimum atomic E-state index is -4.67. The van der Waals surface area contributed by atoms with Crippen LogP contribution in [0.25, 0.3) is 0 Å². The molecule has 0 saturated carbocycles. The summed E-state index contributed by atoms with van der Waals surface area (Å²) in [6, 6.07) is 2.50. The Morgan fingerprint density at radius 2 is 1.97 bits per heavy atom. The van der Waals surface area contributed by atoms with Crippen molar-refractivity contribution in [2.45, 2.75) is 50.8 Å². The largest absolute Gasteiger partial charge is 0.434 e. The van der Waals surface area contributed by atoms with Gasteiger partial charge in [-0.05, 0) is 24.5 Å². The van der Waals surface area contributed by atoms with Gasteiger partial charge in [0.1, 0.15) is 24.1 Å². The lowest BCUT2D eigenvalue weighted by Crippen LogP contribution is -2.58. The SMILES string of the molecule is CC(C)Cc1ccc(C(=O)NC[C@H]2OC[C@H](Nc3cncc(C(F)(F)F)n3)[C@@H](O)[C@H]2O)cn1. The summed E-state index contributed by atoms with van der Waals surface area (Å²) in [4.78, 5) is 23.5. The summed E-state index contributed by atoms with van der Waals surface area (Å²) in [6.07, 6.45) is -4.45. The van der Waals surface area contributed by atoms with Gasteiger partial charge in [-0.3, -0.25) is 14.8 Å². The third kappa shape index (κ3) is 6.59. The van der Waals surface area contributed by atoms with Gasteiger partial charge >= 0.3 is 6.18 Å². The van der Waals surface area contributed by atoms with Crippen molar-refractivity contribution in [1.29, 1.82) is 0 Å². The first-order chi connectivity index (χ1) is 15.5. The van der Waals surface area contributed by atoms with Crippen LogP contribution in [0.4, 0.5) is 19.0 Å². The van der Waals surface area contributed by atoms with Crippen molar-refractivity contribution in [2.24, 2.45) is 5.92 Å². The first kappa shape index (κ1) is 24.8. The van der Waals surface area contributed by atoms with E-state index in [1.54, 1.807) is 12.1 Å². The zero-order valence-corrected chi connectivity index (χ0v) is 18.1. The number of ether oxygens (including phenoxy) is 1. The van der Waals surface area contributed by atoms with Crippen molar-refractivity contribution in [3.05, 3.63) is 47.7 Å². The van der Waals surface area contributed by atoms with Gasteiger partial charge in [0.25, 0.3) is 5.91 Å². The summed E-state index contributed by atoms with van der Waals surface area (Å²) in [5.41, 5.74) is 0.0299. The Morgan fingerprint density at radius 1 is 1.21 bits per heavy atom. The normalized spacial score (nSPS) is 23.4. The van der Waals surface area contributed by atoms with Gasteiger partial charge in [0.2, 0.25) is 0 Å². The van der Waals surface area contributed by atoms with Crippen molar-refractivity contribution >= 4 is 11.7 Å². The van der Waals surface area contributed by atoms with E-state index in [1.807, 2.05) is 0 Å². The Labute approximate surface area is 188 Å². The number of aromatic nitrogens is 3. The van der Waals surface area contributed by atoms with Gasteiger partial charge in [0.15, 0.2) is 5.69 Å². The second-order valence-electron chi connectivity index (χ2n) is 8.24. The van der Waals surface area contributed by atoms with Crippen molar-refractivity contribution in [2.75, 3.05) is 18.5 Å². The van der Waals surface area contributed by atoms with Gasteiger partial charge < -0.3 is 25.6 Å². The van der Waals surface area contributed by atoms with Gasteiger partial charge in [-0.1, -0.05) is 13.8 Å². The lowest BCUT2D eigenvalue weighted by molar-refractivity contribution is -0.141. The zero-order chi connectivity index (χ0) is 24.2. The Balaban J connectivity index is 1.53. The maximum atomic E-state index is 12.8. The third-order valence-corrected chi connectivity index (χ3v) is 5.06. The van der Waals surface area contributed by atoms with Crippen LogP contribution in [-0.4, -0.2) is 68.6 Å². The van der Waals surface area contributed by atoms with E-state index in [9.17, 15) is 28.2 Å². The highest BCUT2D eigenvalue weighted by atomic mass is 19.4. The molecule has 2 aromatic rings. The van der Waals surface area contributed by atoms with Gasteiger partial charge in [-0.25, -0.2) is 4.98 Å². The highest BCUT2D eigenvalue weighted by Crippen LogP contribution is 2.28. The average Bonchev–Trinajstić information content (AvgIpc) is 2.76. The molecule has 180 valence electrons. The number of halogens is 3. The topological polar surface area (TPSA) is 129 Å². The second kappa shape index (κ2) is 10.4. The van der Waals surface area contributed by atoms with E-state index >= 15 is 0 Å². The molecule has 1 fully saturated rings. The van der Waals surface area contributed by atoms with Gasteiger partial charge in [-0.15, -0.1) is 0 Å². The smallest absolute Gasteiger partial charge is 0.388 e. The molecule has 4 atom stereocenters. The molecule has 0 aromatic carbocycles. The Morgan fingerprint density at radius 3 is 2.61 bits per heavy atom. The van der Waals surface area contributed by atoms with Crippen molar-refractivity contribution in [3.8, 4) is 0 Å². The maximum absolute atomic E-state index is 12.8. The van der Waals surface area contributed by atoms with Crippen LogP contribution in [0.5, 0.6) is 0 Å². The zero-order valence-electron chi connectivity index (χ0n) is 18.1. The number of rotatable bonds is 7. The fourth-order valence-corrected chi connectivity index (χ4v) is 3.34. The number of aliphatic hydroxyl groups excluding tert-OH is 2. The van der Waals surface area contributed by atoms with Crippen LogP contribution in [-0.2, 0) is 17.3 Å². The molecule has 3 heterocycles. The summed E-state index contributed by atoms with van der Waals surface area (Å²) >= 11 is 0. The van der Waals surface area contributed by atoms with Gasteiger partial charge in [-0.2, -0.15) is 13.2 Å². The van der Waals surface area contributed by atoms with Gasteiger partial charge in [0.05, 0.1) is 30.6 Å². The number of carbonyl (C=O) groups excluding carboxylic acids is 1. The molecule has 0 unspecified atom stereocenters. The van der Waals surface area contributed by atoms with Crippen molar-refractivity contribution in [3.63, 3.8) is 0 Å². The predicted octanol–water partition coefficient (Wildman–Crippen LogP) is 1.42. The number of hydrogen-bond donors (Lipinski definition) is 4. The van der Waals surface area contributed by atoms with E-state index in [4.69, 9.17) is 4.74 Å². The molecule has 0 spiro atoms. The van der Waals surface area contributed by atoms with Gasteiger partial charge in [0, 0.05) is 18.4 Å². The van der Waals surface area contributed by atoms with Crippen molar-refractivity contribution in [1.82, 2.24) is 20.3 Å². The minimum absolute atomic E-state index is 0.0825. The van der Waals surface area contributed by atoms with Crippen molar-refractivity contribution < 1.29 is 32.9 Å². The Hall–Kier alpha value is -2.83. The molecule has 0 aliphatic carbocycles. The molecule has 1 amide bonds. The first-order valence-corrected chi connectivity index (χ1v) is 10.4. The number of pyridine rings is 1. The Kier molecular flexibility index (Phi) is 7.82. The summed E-state index contributed by atoms with van der Waals surface area (Å²) in [5, 5.41) is 26.0. The number of carbonyl (C=O) groups is 1. The first-order valence-electron chi connectivity index (χ1n) is 10.4. The van der Waals surface area contributed by atoms with Crippen LogP contribution in [0.2, 0.25) is 0 Å². The molecule has 1 aliphatic heterocycles. The molecule has 3 rings (SSSR count). The van der Waals surface area contributed by atoms with E-state index < -0.39 is 42.1 Å². The number of amides is 1. The fraction of sp³-hybridized carbons (Fsp3) is 0.524. The number of anilines is 1. The molecule has 33 heavy (non-hydrogen) atoms. The number of aliphatic hydroxyl groups is 2. The van der Waals surface area contributed by atoms with E-state index in [1.165, 1.54) is 6.20 Å². The standard InChI is InChI=1S/C21H26F3N5O4/c1-11(2)5-13-4-3-12(6-26-13)20(32)27-7-15-19(31)18(30)14(10-33-15)28-17-9-25-8-16(29-17)21(22,23)24/h3-4,6,8-9,11,14-15,18-19,30-31H,5,7,10H2,1-2H3,(H,27,32)(H,28,29)/t14-,15+,18+,19-/m0/s1. The summed E-state index contributed by atoms with van der Waals surface area (Å²) < 4.78 is 43.9. The molecule has 1 saturated heterocycles. The van der Waals surface area contributed by atoms with E-state index in [0.717, 1.165) is 18.3 Å². The predicted molar refractivity (Wildman–Crippen MR) is 111 cm³/mol.